The molecule has 2 aromatic rings. The second-order valence-corrected chi connectivity index (χ2v) is 8.05. The van der Waals surface area contributed by atoms with Crippen molar-refractivity contribution in [3.8, 4) is 5.75 Å². The molecule has 0 saturated heterocycles. The molecule has 0 aliphatic heterocycles. The molecule has 0 radical (unpaired) electrons. The Morgan fingerprint density at radius 2 is 1.80 bits per heavy atom. The van der Waals surface area contributed by atoms with E-state index in [4.69, 9.17) is 4.74 Å². The van der Waals surface area contributed by atoms with E-state index in [-0.39, 0.29) is 22.3 Å². The van der Waals surface area contributed by atoms with Gasteiger partial charge in [-0.1, -0.05) is 20.8 Å². The smallest absolute Gasteiger partial charge is 0.256 e. The Balaban J connectivity index is 2.37. The summed E-state index contributed by atoms with van der Waals surface area (Å²) in [5, 5.41) is 7.50. The van der Waals surface area contributed by atoms with E-state index in [0.29, 0.717) is 5.82 Å². The molecule has 1 aromatic carbocycles. The molecule has 0 aliphatic carbocycles. The van der Waals surface area contributed by atoms with Crippen LogP contribution in [0.25, 0.3) is 0 Å². The molecule has 25 heavy (non-hydrogen) atoms. The van der Waals surface area contributed by atoms with Crippen molar-refractivity contribution >= 4 is 11.7 Å². The lowest BCUT2D eigenvalue weighted by atomic mass is 9.92. The first-order valence-electron chi connectivity index (χ1n) is 8.19. The number of hydrogen-bond acceptors (Lipinski definition) is 3. The van der Waals surface area contributed by atoms with Crippen LogP contribution in [0.5, 0.6) is 5.75 Å². The lowest BCUT2D eigenvalue weighted by Gasteiger charge is -2.23. The third kappa shape index (κ3) is 4.18. The van der Waals surface area contributed by atoms with Gasteiger partial charge < -0.3 is 10.1 Å². The number of anilines is 1. The summed E-state index contributed by atoms with van der Waals surface area (Å²) in [6, 6.07) is 5.99. The maximum Gasteiger partial charge on any atom is 0.256 e. The predicted molar refractivity (Wildman–Crippen MR) is 96.8 cm³/mol. The zero-order valence-corrected chi connectivity index (χ0v) is 15.9. The van der Waals surface area contributed by atoms with Crippen molar-refractivity contribution in [1.29, 1.82) is 0 Å². The maximum absolute atomic E-state index is 13.9. The topological polar surface area (TPSA) is 56.1 Å². The van der Waals surface area contributed by atoms with E-state index in [1.165, 1.54) is 19.2 Å². The quantitative estimate of drug-likeness (QED) is 0.899. The van der Waals surface area contributed by atoms with Crippen molar-refractivity contribution in [1.82, 2.24) is 9.78 Å². The normalized spacial score (nSPS) is 12.2. The van der Waals surface area contributed by atoms with Crippen LogP contribution in [-0.2, 0) is 11.0 Å². The lowest BCUT2D eigenvalue weighted by Crippen LogP contribution is -2.27. The van der Waals surface area contributed by atoms with E-state index in [2.05, 4.69) is 31.2 Å². The number of nitrogens with zero attached hydrogens (tertiary/aromatic N) is 2. The Morgan fingerprint density at radius 1 is 1.16 bits per heavy atom. The van der Waals surface area contributed by atoms with Crippen LogP contribution in [0.3, 0.4) is 0 Å². The third-order valence-corrected chi connectivity index (χ3v) is 3.77. The fraction of sp³-hybridized carbons (Fsp3) is 0.474. The summed E-state index contributed by atoms with van der Waals surface area (Å²) in [5.41, 5.74) is 0.635. The van der Waals surface area contributed by atoms with Gasteiger partial charge >= 0.3 is 0 Å². The summed E-state index contributed by atoms with van der Waals surface area (Å²) in [7, 11) is 1.38. The highest BCUT2D eigenvalue weighted by atomic mass is 19.1. The number of hydrogen-bond donors (Lipinski definition) is 1. The van der Waals surface area contributed by atoms with Crippen LogP contribution >= 0.6 is 0 Å². The summed E-state index contributed by atoms with van der Waals surface area (Å²) in [5.74, 6) is -0.285. The van der Waals surface area contributed by atoms with Crippen LogP contribution in [-0.4, -0.2) is 22.8 Å². The molecule has 0 bridgehead atoms. The number of carbonyl (C=O) groups is 1. The number of halogens is 1. The second-order valence-electron chi connectivity index (χ2n) is 8.05. The summed E-state index contributed by atoms with van der Waals surface area (Å²) in [6.07, 6.45) is 0. The molecule has 0 atom stereocenters. The number of benzene rings is 1. The van der Waals surface area contributed by atoms with Crippen LogP contribution in [0.4, 0.5) is 10.2 Å². The molecule has 5 nitrogen and oxygen atoms in total. The minimum absolute atomic E-state index is 0.103. The van der Waals surface area contributed by atoms with Crippen LogP contribution in [0.2, 0.25) is 0 Å². The zero-order valence-electron chi connectivity index (χ0n) is 15.9. The van der Waals surface area contributed by atoms with Crippen molar-refractivity contribution in [2.24, 2.45) is 0 Å². The summed E-state index contributed by atoms with van der Waals surface area (Å²) >= 11 is 0. The molecule has 1 amide bonds. The Bertz CT molecular complexity index is 783. The minimum Gasteiger partial charge on any atom is -0.494 e. The summed E-state index contributed by atoms with van der Waals surface area (Å²) in [4.78, 5) is 12.5. The predicted octanol–water partition coefficient (Wildman–Crippen LogP) is 4.34. The van der Waals surface area contributed by atoms with Crippen LogP contribution in [0.1, 0.15) is 57.6 Å². The standard InChI is InChI=1S/C19H26FN3O2/c1-18(2,3)15-11-16(23(22-15)19(4,5)6)21-17(24)12-8-9-14(25-7)13(20)10-12/h8-11H,1-7H3,(H,21,24). The Hall–Kier alpha value is -2.37. The number of carbonyl (C=O) groups excluding carboxylic acids is 1. The average molecular weight is 347 g/mol. The van der Waals surface area contributed by atoms with Crippen molar-refractivity contribution < 1.29 is 13.9 Å². The first-order valence-corrected chi connectivity index (χ1v) is 8.19. The van der Waals surface area contributed by atoms with Gasteiger partial charge in [0.15, 0.2) is 11.6 Å². The molecule has 0 unspecified atom stereocenters. The molecule has 0 aliphatic rings. The molecular weight excluding hydrogens is 321 g/mol. The van der Waals surface area contributed by atoms with E-state index in [0.717, 1.165) is 11.8 Å². The molecule has 0 fully saturated rings. The minimum atomic E-state index is -0.574. The van der Waals surface area contributed by atoms with E-state index < -0.39 is 11.7 Å². The molecule has 6 heteroatoms. The molecule has 1 aromatic heterocycles. The Labute approximate surface area is 148 Å². The van der Waals surface area contributed by atoms with Gasteiger partial charge in [0.25, 0.3) is 5.91 Å². The molecule has 1 N–H and O–H groups in total. The fourth-order valence-corrected chi connectivity index (χ4v) is 2.34. The first kappa shape index (κ1) is 19.0. The van der Waals surface area contributed by atoms with Crippen LogP contribution in [0.15, 0.2) is 24.3 Å². The van der Waals surface area contributed by atoms with Crippen molar-refractivity contribution in [2.45, 2.75) is 52.5 Å². The Kier molecular flexibility index (Phi) is 4.93. The maximum atomic E-state index is 13.9. The number of ether oxygens (including phenoxy) is 1. The largest absolute Gasteiger partial charge is 0.494 e. The Morgan fingerprint density at radius 3 is 2.28 bits per heavy atom. The van der Waals surface area contributed by atoms with Gasteiger partial charge in [-0.3, -0.25) is 4.79 Å². The monoisotopic (exact) mass is 347 g/mol. The average Bonchev–Trinajstić information content (AvgIpc) is 2.91. The number of rotatable bonds is 3. The van der Waals surface area contributed by atoms with E-state index in [1.54, 1.807) is 4.68 Å². The van der Waals surface area contributed by atoms with Crippen molar-refractivity contribution in [3.63, 3.8) is 0 Å². The molecule has 0 saturated carbocycles. The molecule has 2 rings (SSSR count). The van der Waals surface area contributed by atoms with Gasteiger partial charge in [0, 0.05) is 17.0 Å². The van der Waals surface area contributed by atoms with Gasteiger partial charge in [0.05, 0.1) is 18.3 Å². The fourth-order valence-electron chi connectivity index (χ4n) is 2.34. The number of methoxy groups -OCH3 is 1. The third-order valence-electron chi connectivity index (χ3n) is 3.77. The SMILES string of the molecule is COc1ccc(C(=O)Nc2cc(C(C)(C)C)nn2C(C)(C)C)cc1F. The van der Waals surface area contributed by atoms with Gasteiger partial charge in [-0.15, -0.1) is 0 Å². The second kappa shape index (κ2) is 6.50. The molecule has 136 valence electrons. The van der Waals surface area contributed by atoms with E-state index in [9.17, 15) is 9.18 Å². The van der Waals surface area contributed by atoms with Gasteiger partial charge in [0.1, 0.15) is 5.82 Å². The van der Waals surface area contributed by atoms with Crippen molar-refractivity contribution in [3.05, 3.63) is 41.3 Å². The molecular formula is C19H26FN3O2. The van der Waals surface area contributed by atoms with Crippen LogP contribution < -0.4 is 10.1 Å². The van der Waals surface area contributed by atoms with Gasteiger partial charge in [-0.05, 0) is 39.0 Å². The highest BCUT2D eigenvalue weighted by Crippen LogP contribution is 2.28. The van der Waals surface area contributed by atoms with Gasteiger partial charge in [-0.2, -0.15) is 5.10 Å². The van der Waals surface area contributed by atoms with Crippen molar-refractivity contribution in [2.75, 3.05) is 12.4 Å². The number of nitrogens with one attached hydrogen (secondary N) is 1. The zero-order chi connectivity index (χ0) is 19.0. The van der Waals surface area contributed by atoms with Crippen LogP contribution in [0, 0.1) is 5.82 Å². The lowest BCUT2D eigenvalue weighted by molar-refractivity contribution is 0.102. The van der Waals surface area contributed by atoms with Gasteiger partial charge in [0.2, 0.25) is 0 Å². The van der Waals surface area contributed by atoms with E-state index >= 15 is 0 Å². The first-order chi connectivity index (χ1) is 11.4. The summed E-state index contributed by atoms with van der Waals surface area (Å²) < 4.78 is 20.5. The summed E-state index contributed by atoms with van der Waals surface area (Å²) in [6.45, 7) is 12.2. The number of amides is 1. The van der Waals surface area contributed by atoms with E-state index in [1.807, 2.05) is 26.8 Å². The highest BCUT2D eigenvalue weighted by Gasteiger charge is 2.26. The number of aromatic nitrogens is 2. The van der Waals surface area contributed by atoms with Gasteiger partial charge in [-0.25, -0.2) is 9.07 Å². The molecule has 0 spiro atoms. The molecule has 1 heterocycles. The highest BCUT2D eigenvalue weighted by molar-refractivity contribution is 6.04.